The van der Waals surface area contributed by atoms with Crippen LogP contribution in [0.3, 0.4) is 0 Å². The Balaban J connectivity index is 1.55. The zero-order valence-electron chi connectivity index (χ0n) is 16.7. The van der Waals surface area contributed by atoms with Crippen molar-refractivity contribution < 1.29 is 18.8 Å². The van der Waals surface area contributed by atoms with Gasteiger partial charge in [-0.05, 0) is 47.5 Å². The maximum Gasteiger partial charge on any atom is 0.322 e. The van der Waals surface area contributed by atoms with E-state index in [1.54, 1.807) is 56.0 Å². The lowest BCUT2D eigenvalue weighted by Crippen LogP contribution is -2.35. The number of carbonyl (C=O) groups is 3. The SMILES string of the molecule is CC(C)(C)C(=O)CNC(=O)c1ccc(NC(=O)N2Cc3ccc(F)cc3C2)cc1. The van der Waals surface area contributed by atoms with Gasteiger partial charge in [-0.3, -0.25) is 9.59 Å². The highest BCUT2D eigenvalue weighted by Crippen LogP contribution is 2.24. The van der Waals surface area contributed by atoms with Gasteiger partial charge in [-0.15, -0.1) is 0 Å². The van der Waals surface area contributed by atoms with Crippen molar-refractivity contribution in [2.75, 3.05) is 11.9 Å². The van der Waals surface area contributed by atoms with Crippen molar-refractivity contribution in [2.45, 2.75) is 33.9 Å². The summed E-state index contributed by atoms with van der Waals surface area (Å²) >= 11 is 0. The molecular formula is C22H24FN3O3. The van der Waals surface area contributed by atoms with Crippen molar-refractivity contribution in [2.24, 2.45) is 5.41 Å². The number of hydrogen-bond donors (Lipinski definition) is 2. The zero-order chi connectivity index (χ0) is 21.2. The van der Waals surface area contributed by atoms with Crippen LogP contribution < -0.4 is 10.6 Å². The third kappa shape index (κ3) is 4.99. The molecule has 0 saturated heterocycles. The molecule has 1 aliphatic heterocycles. The fraction of sp³-hybridized carbons (Fsp3) is 0.318. The van der Waals surface area contributed by atoms with Gasteiger partial charge in [0.25, 0.3) is 5.91 Å². The van der Waals surface area contributed by atoms with E-state index in [2.05, 4.69) is 10.6 Å². The molecule has 0 radical (unpaired) electrons. The molecule has 0 saturated carbocycles. The first-order valence-corrected chi connectivity index (χ1v) is 9.38. The van der Waals surface area contributed by atoms with Crippen LogP contribution in [0.5, 0.6) is 0 Å². The molecule has 0 spiro atoms. The average Bonchev–Trinajstić information content (AvgIpc) is 3.09. The molecule has 1 heterocycles. The smallest absolute Gasteiger partial charge is 0.322 e. The second-order valence-electron chi connectivity index (χ2n) is 8.13. The van der Waals surface area contributed by atoms with E-state index in [1.165, 1.54) is 12.1 Å². The van der Waals surface area contributed by atoms with Gasteiger partial charge in [0, 0.05) is 29.8 Å². The number of halogens is 1. The van der Waals surface area contributed by atoms with E-state index in [-0.39, 0.29) is 30.1 Å². The predicted molar refractivity (Wildman–Crippen MR) is 108 cm³/mol. The first-order chi connectivity index (χ1) is 13.6. The lowest BCUT2D eigenvalue weighted by atomic mass is 9.91. The van der Waals surface area contributed by atoms with Gasteiger partial charge in [0.05, 0.1) is 6.54 Å². The van der Waals surface area contributed by atoms with Crippen LogP contribution in [0, 0.1) is 11.2 Å². The Hall–Kier alpha value is -3.22. The molecule has 0 unspecified atom stereocenters. The Labute approximate surface area is 169 Å². The molecule has 29 heavy (non-hydrogen) atoms. The van der Waals surface area contributed by atoms with Gasteiger partial charge >= 0.3 is 6.03 Å². The van der Waals surface area contributed by atoms with Crippen LogP contribution in [0.1, 0.15) is 42.3 Å². The first kappa shape index (κ1) is 20.5. The Kier molecular flexibility index (Phi) is 5.68. The maximum atomic E-state index is 13.3. The molecular weight excluding hydrogens is 373 g/mol. The highest BCUT2D eigenvalue weighted by molar-refractivity contribution is 5.98. The lowest BCUT2D eigenvalue weighted by Gasteiger charge is -2.17. The lowest BCUT2D eigenvalue weighted by molar-refractivity contribution is -0.125. The number of rotatable bonds is 4. The summed E-state index contributed by atoms with van der Waals surface area (Å²) in [5.41, 5.74) is 2.16. The number of fused-ring (bicyclic) bond motifs is 1. The van der Waals surface area contributed by atoms with Crippen molar-refractivity contribution in [1.82, 2.24) is 10.2 Å². The van der Waals surface area contributed by atoms with Gasteiger partial charge in [0.15, 0.2) is 5.78 Å². The number of hydrogen-bond acceptors (Lipinski definition) is 3. The molecule has 7 heteroatoms. The number of ketones is 1. The number of Topliss-reactive ketones (excluding diaryl/α,β-unsaturated/α-hetero) is 1. The van der Waals surface area contributed by atoms with Crippen LogP contribution in [0.25, 0.3) is 0 Å². The van der Waals surface area contributed by atoms with E-state index in [1.807, 2.05) is 0 Å². The Morgan fingerprint density at radius 2 is 1.66 bits per heavy atom. The van der Waals surface area contributed by atoms with Crippen LogP contribution in [0.2, 0.25) is 0 Å². The normalized spacial score (nSPS) is 13.0. The third-order valence-electron chi connectivity index (χ3n) is 4.82. The number of nitrogens with one attached hydrogen (secondary N) is 2. The largest absolute Gasteiger partial charge is 0.345 e. The molecule has 3 rings (SSSR count). The minimum Gasteiger partial charge on any atom is -0.345 e. The molecule has 0 atom stereocenters. The summed E-state index contributed by atoms with van der Waals surface area (Å²) in [7, 11) is 0. The van der Waals surface area contributed by atoms with Crippen molar-refractivity contribution in [3.63, 3.8) is 0 Å². The van der Waals surface area contributed by atoms with Gasteiger partial charge in [-0.25, -0.2) is 9.18 Å². The highest BCUT2D eigenvalue weighted by Gasteiger charge is 2.24. The number of benzene rings is 2. The summed E-state index contributed by atoms with van der Waals surface area (Å²) in [6.07, 6.45) is 0. The van der Waals surface area contributed by atoms with E-state index in [0.29, 0.717) is 24.3 Å². The van der Waals surface area contributed by atoms with Crippen molar-refractivity contribution in [1.29, 1.82) is 0 Å². The molecule has 6 nitrogen and oxygen atoms in total. The van der Waals surface area contributed by atoms with Crippen LogP contribution in [-0.4, -0.2) is 29.2 Å². The van der Waals surface area contributed by atoms with E-state index in [0.717, 1.165) is 11.1 Å². The molecule has 0 aromatic heterocycles. The highest BCUT2D eigenvalue weighted by atomic mass is 19.1. The number of carbonyl (C=O) groups excluding carboxylic acids is 3. The second kappa shape index (κ2) is 8.03. The van der Waals surface area contributed by atoms with Crippen LogP contribution >= 0.6 is 0 Å². The number of nitrogens with zero attached hydrogens (tertiary/aromatic N) is 1. The van der Waals surface area contributed by atoms with Gasteiger partial charge in [-0.1, -0.05) is 26.8 Å². The summed E-state index contributed by atoms with van der Waals surface area (Å²) in [5, 5.41) is 5.39. The summed E-state index contributed by atoms with van der Waals surface area (Å²) in [6, 6.07) is 10.6. The van der Waals surface area contributed by atoms with Gasteiger partial charge < -0.3 is 15.5 Å². The van der Waals surface area contributed by atoms with Crippen LogP contribution in [0.15, 0.2) is 42.5 Å². The molecule has 2 aromatic carbocycles. The van der Waals surface area contributed by atoms with Crippen molar-refractivity contribution >= 4 is 23.4 Å². The van der Waals surface area contributed by atoms with Gasteiger partial charge in [0.2, 0.25) is 0 Å². The van der Waals surface area contributed by atoms with E-state index in [9.17, 15) is 18.8 Å². The molecule has 3 amide bonds. The Morgan fingerprint density at radius 1 is 1.00 bits per heavy atom. The zero-order valence-corrected chi connectivity index (χ0v) is 16.7. The monoisotopic (exact) mass is 397 g/mol. The van der Waals surface area contributed by atoms with E-state index >= 15 is 0 Å². The standard InChI is InChI=1S/C22H24FN3O3/c1-22(2,3)19(27)11-24-20(28)14-5-8-18(9-6-14)25-21(29)26-12-15-4-7-17(23)10-16(15)13-26/h4-10H,11-13H2,1-3H3,(H,24,28)(H,25,29). The molecule has 0 bridgehead atoms. The first-order valence-electron chi connectivity index (χ1n) is 9.38. The Bertz CT molecular complexity index is 949. The van der Waals surface area contributed by atoms with Gasteiger partial charge in [0.1, 0.15) is 5.82 Å². The fourth-order valence-corrected chi connectivity index (χ4v) is 2.94. The quantitative estimate of drug-likeness (QED) is 0.825. The number of urea groups is 1. The fourth-order valence-electron chi connectivity index (χ4n) is 2.94. The maximum absolute atomic E-state index is 13.3. The molecule has 2 N–H and O–H groups in total. The summed E-state index contributed by atoms with van der Waals surface area (Å²) in [5.74, 6) is -0.720. The summed E-state index contributed by atoms with van der Waals surface area (Å²) < 4.78 is 13.3. The number of amides is 3. The number of anilines is 1. The topological polar surface area (TPSA) is 78.5 Å². The molecule has 152 valence electrons. The van der Waals surface area contributed by atoms with Crippen LogP contribution in [-0.2, 0) is 17.9 Å². The van der Waals surface area contributed by atoms with E-state index < -0.39 is 5.41 Å². The average molecular weight is 397 g/mol. The molecule has 0 aliphatic carbocycles. The second-order valence-corrected chi connectivity index (χ2v) is 8.13. The van der Waals surface area contributed by atoms with Gasteiger partial charge in [-0.2, -0.15) is 0 Å². The third-order valence-corrected chi connectivity index (χ3v) is 4.82. The summed E-state index contributed by atoms with van der Waals surface area (Å²) in [4.78, 5) is 38.1. The van der Waals surface area contributed by atoms with Crippen molar-refractivity contribution in [3.05, 3.63) is 65.0 Å². The molecule has 1 aliphatic rings. The van der Waals surface area contributed by atoms with E-state index in [4.69, 9.17) is 0 Å². The minimum absolute atomic E-state index is 0.0308. The molecule has 2 aromatic rings. The van der Waals surface area contributed by atoms with Crippen molar-refractivity contribution in [3.8, 4) is 0 Å². The minimum atomic E-state index is -0.511. The summed E-state index contributed by atoms with van der Waals surface area (Å²) in [6.45, 7) is 6.14. The Morgan fingerprint density at radius 3 is 2.31 bits per heavy atom. The molecule has 0 fully saturated rings. The van der Waals surface area contributed by atoms with Crippen LogP contribution in [0.4, 0.5) is 14.9 Å². The predicted octanol–water partition coefficient (Wildman–Crippen LogP) is 3.72.